The van der Waals surface area contributed by atoms with Crippen LogP contribution in [0.5, 0.6) is 0 Å². The molecule has 3 heterocycles. The van der Waals surface area contributed by atoms with Gasteiger partial charge in [-0.2, -0.15) is 0 Å². The fourth-order valence-corrected chi connectivity index (χ4v) is 2.24. The van der Waals surface area contributed by atoms with Crippen LogP contribution in [0.4, 0.5) is 5.82 Å². The highest BCUT2D eigenvalue weighted by molar-refractivity contribution is 5.84. The standard InChI is InChI=1S/C16H15N5O/c1-12-15(14-3-2-5-17-9-14)10-20-21(12)16-7-13(4-6-19-16)8-18-11-22/h2-7,9-11,20H,1,8H2,(H,18,22). The number of nitrogens with zero attached hydrogens (tertiary/aromatic N) is 3. The molecule has 2 aromatic rings. The van der Waals surface area contributed by atoms with E-state index in [2.05, 4.69) is 27.3 Å². The van der Waals surface area contributed by atoms with Gasteiger partial charge < -0.3 is 5.32 Å². The molecule has 1 aliphatic heterocycles. The predicted octanol–water partition coefficient (Wildman–Crippen LogP) is 1.60. The van der Waals surface area contributed by atoms with E-state index in [1.54, 1.807) is 23.6 Å². The Morgan fingerprint density at radius 2 is 2.27 bits per heavy atom. The summed E-state index contributed by atoms with van der Waals surface area (Å²) in [5.74, 6) is 0.713. The van der Waals surface area contributed by atoms with Crippen molar-refractivity contribution >= 4 is 17.8 Å². The van der Waals surface area contributed by atoms with Crippen LogP contribution in [0.1, 0.15) is 11.1 Å². The molecule has 0 aliphatic carbocycles. The Kier molecular flexibility index (Phi) is 3.82. The first-order valence-electron chi connectivity index (χ1n) is 6.77. The summed E-state index contributed by atoms with van der Waals surface area (Å²) in [5, 5.41) is 4.44. The van der Waals surface area contributed by atoms with E-state index in [1.807, 2.05) is 30.5 Å². The molecule has 0 fully saturated rings. The van der Waals surface area contributed by atoms with Gasteiger partial charge in [-0.15, -0.1) is 0 Å². The first-order chi connectivity index (χ1) is 10.8. The number of carbonyl (C=O) groups excluding carboxylic acids is 1. The fraction of sp³-hybridized carbons (Fsp3) is 0.0625. The Balaban J connectivity index is 1.81. The summed E-state index contributed by atoms with van der Waals surface area (Å²) in [6, 6.07) is 7.62. The smallest absolute Gasteiger partial charge is 0.207 e. The van der Waals surface area contributed by atoms with Crippen LogP contribution in [0.15, 0.2) is 61.3 Å². The molecule has 0 unspecified atom stereocenters. The zero-order valence-electron chi connectivity index (χ0n) is 11.9. The molecule has 0 saturated heterocycles. The zero-order chi connectivity index (χ0) is 15.4. The molecule has 0 spiro atoms. The fourth-order valence-electron chi connectivity index (χ4n) is 2.24. The summed E-state index contributed by atoms with van der Waals surface area (Å²) in [6.07, 6.45) is 7.78. The Bertz CT molecular complexity index is 726. The monoisotopic (exact) mass is 293 g/mol. The molecule has 6 heteroatoms. The van der Waals surface area contributed by atoms with Crippen molar-refractivity contribution in [2.24, 2.45) is 0 Å². The molecule has 0 aromatic carbocycles. The molecule has 1 aliphatic rings. The molecule has 0 radical (unpaired) electrons. The number of amides is 1. The molecular formula is C16H15N5O. The van der Waals surface area contributed by atoms with Crippen LogP contribution in [0.25, 0.3) is 5.57 Å². The molecule has 0 bridgehead atoms. The SMILES string of the molecule is C=C1C(c2cccnc2)=CNN1c1cc(CNC=O)ccn1. The lowest BCUT2D eigenvalue weighted by Gasteiger charge is -2.20. The minimum Gasteiger partial charge on any atom is -0.355 e. The number of allylic oxidation sites excluding steroid dienone is 1. The summed E-state index contributed by atoms with van der Waals surface area (Å²) >= 11 is 0. The van der Waals surface area contributed by atoms with Crippen LogP contribution in [-0.2, 0) is 11.3 Å². The third-order valence-corrected chi connectivity index (χ3v) is 3.32. The Labute approximate surface area is 128 Å². The van der Waals surface area contributed by atoms with Gasteiger partial charge in [0.1, 0.15) is 0 Å². The lowest BCUT2D eigenvalue weighted by atomic mass is 10.1. The highest BCUT2D eigenvalue weighted by Crippen LogP contribution is 2.30. The topological polar surface area (TPSA) is 70.2 Å². The third-order valence-electron chi connectivity index (χ3n) is 3.32. The van der Waals surface area contributed by atoms with E-state index in [4.69, 9.17) is 0 Å². The van der Waals surface area contributed by atoms with Crippen molar-refractivity contribution in [3.63, 3.8) is 0 Å². The average molecular weight is 293 g/mol. The van der Waals surface area contributed by atoms with Crippen molar-refractivity contribution in [1.29, 1.82) is 0 Å². The first kappa shape index (κ1) is 13.8. The van der Waals surface area contributed by atoms with Crippen LogP contribution < -0.4 is 15.8 Å². The summed E-state index contributed by atoms with van der Waals surface area (Å²) < 4.78 is 0. The highest BCUT2D eigenvalue weighted by atomic mass is 16.1. The number of pyridine rings is 2. The maximum Gasteiger partial charge on any atom is 0.207 e. The summed E-state index contributed by atoms with van der Waals surface area (Å²) in [5.41, 5.74) is 6.85. The zero-order valence-corrected chi connectivity index (χ0v) is 11.9. The molecule has 3 rings (SSSR count). The van der Waals surface area contributed by atoms with Crippen LogP contribution in [0, 0.1) is 0 Å². The molecule has 6 nitrogen and oxygen atoms in total. The summed E-state index contributed by atoms with van der Waals surface area (Å²) in [4.78, 5) is 18.9. The lowest BCUT2D eigenvalue weighted by Crippen LogP contribution is -2.29. The minimum atomic E-state index is 0.461. The summed E-state index contributed by atoms with van der Waals surface area (Å²) in [7, 11) is 0. The molecule has 2 N–H and O–H groups in total. The van der Waals surface area contributed by atoms with Crippen molar-refractivity contribution in [3.8, 4) is 0 Å². The summed E-state index contributed by atoms with van der Waals surface area (Å²) in [6.45, 7) is 4.58. The second-order valence-electron chi connectivity index (χ2n) is 4.73. The number of carbonyl (C=O) groups is 1. The van der Waals surface area contributed by atoms with Crippen molar-refractivity contribution in [1.82, 2.24) is 20.7 Å². The van der Waals surface area contributed by atoms with Crippen molar-refractivity contribution in [2.75, 3.05) is 5.01 Å². The van der Waals surface area contributed by atoms with Crippen molar-refractivity contribution < 1.29 is 4.79 Å². The molecule has 0 atom stereocenters. The van der Waals surface area contributed by atoms with Crippen LogP contribution in [0.3, 0.4) is 0 Å². The molecular weight excluding hydrogens is 278 g/mol. The van der Waals surface area contributed by atoms with Gasteiger partial charge in [-0.25, -0.2) is 9.99 Å². The first-order valence-corrected chi connectivity index (χ1v) is 6.77. The largest absolute Gasteiger partial charge is 0.355 e. The van der Waals surface area contributed by atoms with Gasteiger partial charge in [-0.3, -0.25) is 15.2 Å². The Morgan fingerprint density at radius 1 is 1.36 bits per heavy atom. The molecule has 22 heavy (non-hydrogen) atoms. The minimum absolute atomic E-state index is 0.461. The molecule has 1 amide bonds. The van der Waals surface area contributed by atoms with Crippen molar-refractivity contribution in [2.45, 2.75) is 6.54 Å². The number of nitrogens with one attached hydrogen (secondary N) is 2. The van der Waals surface area contributed by atoms with Gasteiger partial charge >= 0.3 is 0 Å². The van der Waals surface area contributed by atoms with Gasteiger partial charge in [0.15, 0.2) is 5.82 Å². The van der Waals surface area contributed by atoms with E-state index in [9.17, 15) is 4.79 Å². The number of hydrogen-bond donors (Lipinski definition) is 2. The normalized spacial score (nSPS) is 13.5. The van der Waals surface area contributed by atoms with Gasteiger partial charge in [-0.1, -0.05) is 12.6 Å². The number of hydrazine groups is 1. The third kappa shape index (κ3) is 2.67. The Hall–Kier alpha value is -3.15. The van der Waals surface area contributed by atoms with Crippen LogP contribution >= 0.6 is 0 Å². The van der Waals surface area contributed by atoms with E-state index >= 15 is 0 Å². The van der Waals surface area contributed by atoms with E-state index in [0.717, 1.165) is 22.4 Å². The second-order valence-corrected chi connectivity index (χ2v) is 4.73. The number of aromatic nitrogens is 2. The number of anilines is 1. The van der Waals surface area contributed by atoms with Gasteiger partial charge in [0.25, 0.3) is 0 Å². The maximum absolute atomic E-state index is 10.4. The van der Waals surface area contributed by atoms with Crippen molar-refractivity contribution in [3.05, 3.63) is 72.5 Å². The molecule has 110 valence electrons. The second kappa shape index (κ2) is 6.09. The molecule has 0 saturated carbocycles. The van der Waals surface area contributed by atoms with E-state index < -0.39 is 0 Å². The Morgan fingerprint density at radius 3 is 3.05 bits per heavy atom. The molecule has 2 aromatic heterocycles. The van der Waals surface area contributed by atoms with Gasteiger partial charge in [-0.05, 0) is 23.8 Å². The van der Waals surface area contributed by atoms with Gasteiger partial charge in [0.2, 0.25) is 6.41 Å². The average Bonchev–Trinajstić information content (AvgIpc) is 2.95. The van der Waals surface area contributed by atoms with E-state index in [1.165, 1.54) is 0 Å². The quantitative estimate of drug-likeness (QED) is 0.820. The van der Waals surface area contributed by atoms with Crippen LogP contribution in [-0.4, -0.2) is 16.4 Å². The maximum atomic E-state index is 10.4. The predicted molar refractivity (Wildman–Crippen MR) is 84.1 cm³/mol. The highest BCUT2D eigenvalue weighted by Gasteiger charge is 2.21. The van der Waals surface area contributed by atoms with E-state index in [0.29, 0.717) is 18.8 Å². The number of rotatable bonds is 5. The lowest BCUT2D eigenvalue weighted by molar-refractivity contribution is -0.109. The van der Waals surface area contributed by atoms with Gasteiger partial charge in [0.05, 0.1) is 5.70 Å². The van der Waals surface area contributed by atoms with Gasteiger partial charge in [0, 0.05) is 42.5 Å². The van der Waals surface area contributed by atoms with E-state index in [-0.39, 0.29) is 0 Å². The van der Waals surface area contributed by atoms with Crippen LogP contribution in [0.2, 0.25) is 0 Å². The number of hydrogen-bond acceptors (Lipinski definition) is 5.